The van der Waals surface area contributed by atoms with Crippen LogP contribution in [-0.4, -0.2) is 17.6 Å². The van der Waals surface area contributed by atoms with Gasteiger partial charge in [0.2, 0.25) is 0 Å². The quantitative estimate of drug-likeness (QED) is 0.889. The summed E-state index contributed by atoms with van der Waals surface area (Å²) in [7, 11) is 0. The lowest BCUT2D eigenvalue weighted by Crippen LogP contribution is -2.29. The number of carbonyl (C=O) groups is 1. The van der Waals surface area contributed by atoms with E-state index in [9.17, 15) is 9.90 Å². The van der Waals surface area contributed by atoms with Crippen LogP contribution in [-0.2, 0) is 11.2 Å². The Labute approximate surface area is 132 Å². The fourth-order valence-electron chi connectivity index (χ4n) is 2.71. The standard InChI is InChI=1S/C16H13Cl2NO2/c1-9-2-3-10-7-11-4-5-12(17)15(18)16(11)19(8-14(20)21)13(10)6-9/h2-6H,7-8H2,1H3,(H,20,21). The number of halogens is 2. The smallest absolute Gasteiger partial charge is 0.323 e. The normalized spacial score (nSPS) is 12.8. The largest absolute Gasteiger partial charge is 0.480 e. The molecule has 0 unspecified atom stereocenters. The number of hydrogen-bond donors (Lipinski definition) is 1. The van der Waals surface area contributed by atoms with Crippen molar-refractivity contribution in [2.24, 2.45) is 0 Å². The Morgan fingerprint density at radius 1 is 1.24 bits per heavy atom. The van der Waals surface area contributed by atoms with Crippen LogP contribution in [0.4, 0.5) is 11.4 Å². The van der Waals surface area contributed by atoms with Gasteiger partial charge in [-0.3, -0.25) is 4.79 Å². The number of rotatable bonds is 2. The third-order valence-corrected chi connectivity index (χ3v) is 4.42. The zero-order valence-electron chi connectivity index (χ0n) is 11.4. The molecule has 0 saturated heterocycles. The van der Waals surface area contributed by atoms with Crippen molar-refractivity contribution in [3.8, 4) is 0 Å². The Bertz CT molecular complexity index is 743. The Hall–Kier alpha value is -1.71. The number of aliphatic carboxylic acids is 1. The Morgan fingerprint density at radius 2 is 1.95 bits per heavy atom. The number of carboxylic acid groups (broad SMARTS) is 1. The Morgan fingerprint density at radius 3 is 2.67 bits per heavy atom. The molecule has 0 aromatic heterocycles. The van der Waals surface area contributed by atoms with Gasteiger partial charge >= 0.3 is 5.97 Å². The summed E-state index contributed by atoms with van der Waals surface area (Å²) in [5.74, 6) is -0.911. The van der Waals surface area contributed by atoms with Gasteiger partial charge < -0.3 is 10.0 Å². The number of fused-ring (bicyclic) bond motifs is 2. The van der Waals surface area contributed by atoms with Crippen LogP contribution in [0, 0.1) is 6.92 Å². The SMILES string of the molecule is Cc1ccc2c(c1)N(CC(=O)O)c1c(ccc(Cl)c1Cl)C2. The first kappa shape index (κ1) is 14.2. The zero-order valence-corrected chi connectivity index (χ0v) is 12.9. The zero-order chi connectivity index (χ0) is 15.1. The number of benzene rings is 2. The molecule has 5 heteroatoms. The maximum Gasteiger partial charge on any atom is 0.323 e. The first-order valence-electron chi connectivity index (χ1n) is 6.53. The molecule has 3 nitrogen and oxygen atoms in total. The third-order valence-electron chi connectivity index (χ3n) is 3.63. The van der Waals surface area contributed by atoms with Crippen LogP contribution in [0.2, 0.25) is 10.0 Å². The van der Waals surface area contributed by atoms with E-state index in [1.807, 2.05) is 31.2 Å². The lowest BCUT2D eigenvalue weighted by molar-refractivity contribution is -0.135. The number of carboxylic acids is 1. The highest BCUT2D eigenvalue weighted by Crippen LogP contribution is 2.45. The molecule has 2 aromatic rings. The van der Waals surface area contributed by atoms with Crippen LogP contribution >= 0.6 is 23.2 Å². The van der Waals surface area contributed by atoms with E-state index in [2.05, 4.69) is 0 Å². The molecule has 0 fully saturated rings. The van der Waals surface area contributed by atoms with Gasteiger partial charge in [-0.25, -0.2) is 0 Å². The first-order valence-corrected chi connectivity index (χ1v) is 7.28. The van der Waals surface area contributed by atoms with Gasteiger partial charge in [-0.2, -0.15) is 0 Å². The summed E-state index contributed by atoms with van der Waals surface area (Å²) in [5.41, 5.74) is 4.74. The molecule has 1 N–H and O–H groups in total. The summed E-state index contributed by atoms with van der Waals surface area (Å²) in [6.07, 6.45) is 0.720. The van der Waals surface area contributed by atoms with Crippen molar-refractivity contribution in [3.63, 3.8) is 0 Å². The fraction of sp³-hybridized carbons (Fsp3) is 0.188. The molecule has 1 heterocycles. The maximum atomic E-state index is 11.3. The molecule has 1 aliphatic heterocycles. The van der Waals surface area contributed by atoms with Crippen molar-refractivity contribution >= 4 is 40.5 Å². The molecular weight excluding hydrogens is 309 g/mol. The molecule has 0 amide bonds. The van der Waals surface area contributed by atoms with Crippen LogP contribution in [0.1, 0.15) is 16.7 Å². The maximum absolute atomic E-state index is 11.3. The summed E-state index contributed by atoms with van der Waals surface area (Å²) in [4.78, 5) is 13.0. The number of nitrogens with zero attached hydrogens (tertiary/aromatic N) is 1. The summed E-state index contributed by atoms with van der Waals surface area (Å²) in [6.45, 7) is 1.83. The van der Waals surface area contributed by atoms with Crippen LogP contribution in [0.15, 0.2) is 30.3 Å². The van der Waals surface area contributed by atoms with Gasteiger partial charge in [-0.1, -0.05) is 41.4 Å². The van der Waals surface area contributed by atoms with Gasteiger partial charge in [0.25, 0.3) is 0 Å². The minimum atomic E-state index is -0.911. The number of anilines is 2. The van der Waals surface area contributed by atoms with Crippen molar-refractivity contribution in [1.29, 1.82) is 0 Å². The van der Waals surface area contributed by atoms with Crippen molar-refractivity contribution in [1.82, 2.24) is 0 Å². The number of hydrogen-bond acceptors (Lipinski definition) is 2. The van der Waals surface area contributed by atoms with E-state index in [4.69, 9.17) is 23.2 Å². The highest BCUT2D eigenvalue weighted by molar-refractivity contribution is 6.44. The summed E-state index contributed by atoms with van der Waals surface area (Å²) in [5, 5.41) is 10.1. The van der Waals surface area contributed by atoms with Crippen LogP contribution in [0.3, 0.4) is 0 Å². The van der Waals surface area contributed by atoms with Gasteiger partial charge in [0.05, 0.1) is 15.7 Å². The minimum absolute atomic E-state index is 0.149. The minimum Gasteiger partial charge on any atom is -0.480 e. The molecule has 3 rings (SSSR count). The summed E-state index contributed by atoms with van der Waals surface area (Å²) >= 11 is 12.4. The lowest BCUT2D eigenvalue weighted by atomic mass is 9.94. The van der Waals surface area contributed by atoms with Gasteiger partial charge in [-0.05, 0) is 35.7 Å². The molecule has 0 radical (unpaired) electrons. The highest BCUT2D eigenvalue weighted by atomic mass is 35.5. The first-order chi connectivity index (χ1) is 9.97. The van der Waals surface area contributed by atoms with E-state index in [1.54, 1.807) is 11.0 Å². The van der Waals surface area contributed by atoms with Crippen LogP contribution in [0.25, 0.3) is 0 Å². The molecule has 21 heavy (non-hydrogen) atoms. The van der Waals surface area contributed by atoms with Crippen molar-refractivity contribution in [2.75, 3.05) is 11.4 Å². The molecule has 0 spiro atoms. The van der Waals surface area contributed by atoms with E-state index in [0.717, 1.165) is 28.8 Å². The van der Waals surface area contributed by atoms with E-state index >= 15 is 0 Å². The Kier molecular flexibility index (Phi) is 3.56. The van der Waals surface area contributed by atoms with Gasteiger partial charge in [0, 0.05) is 12.1 Å². The van der Waals surface area contributed by atoms with E-state index < -0.39 is 5.97 Å². The van der Waals surface area contributed by atoms with Crippen LogP contribution in [0.5, 0.6) is 0 Å². The van der Waals surface area contributed by atoms with Gasteiger partial charge in [0.15, 0.2) is 0 Å². The molecule has 0 atom stereocenters. The predicted molar refractivity (Wildman–Crippen MR) is 85.1 cm³/mol. The summed E-state index contributed by atoms with van der Waals surface area (Å²) in [6, 6.07) is 9.70. The van der Waals surface area contributed by atoms with Gasteiger partial charge in [-0.15, -0.1) is 0 Å². The molecule has 0 aliphatic carbocycles. The van der Waals surface area contributed by atoms with Crippen LogP contribution < -0.4 is 4.90 Å². The predicted octanol–water partition coefficient (Wildman–Crippen LogP) is 4.43. The van der Waals surface area contributed by atoms with E-state index in [1.165, 1.54) is 0 Å². The fourth-order valence-corrected chi connectivity index (χ4v) is 3.15. The van der Waals surface area contributed by atoms with Gasteiger partial charge in [0.1, 0.15) is 6.54 Å². The topological polar surface area (TPSA) is 40.5 Å². The second-order valence-corrected chi connectivity index (χ2v) is 5.94. The monoisotopic (exact) mass is 321 g/mol. The third kappa shape index (κ3) is 2.47. The average Bonchev–Trinajstić information content (AvgIpc) is 2.43. The van der Waals surface area contributed by atoms with E-state index in [0.29, 0.717) is 15.7 Å². The van der Waals surface area contributed by atoms with E-state index in [-0.39, 0.29) is 6.54 Å². The molecule has 2 aromatic carbocycles. The van der Waals surface area contributed by atoms with Crippen molar-refractivity contribution < 1.29 is 9.90 Å². The average molecular weight is 322 g/mol. The second-order valence-electron chi connectivity index (χ2n) is 5.16. The molecule has 108 valence electrons. The second kappa shape index (κ2) is 5.24. The van der Waals surface area contributed by atoms with Crippen molar-refractivity contribution in [2.45, 2.75) is 13.3 Å². The molecule has 1 aliphatic rings. The highest BCUT2D eigenvalue weighted by Gasteiger charge is 2.27. The Balaban J connectivity index is 2.23. The van der Waals surface area contributed by atoms with Crippen molar-refractivity contribution in [3.05, 3.63) is 57.1 Å². The lowest BCUT2D eigenvalue weighted by Gasteiger charge is -2.33. The molecule has 0 saturated carbocycles. The number of aryl methyl sites for hydroxylation is 1. The molecular formula is C16H13Cl2NO2. The summed E-state index contributed by atoms with van der Waals surface area (Å²) < 4.78 is 0. The molecule has 0 bridgehead atoms.